The summed E-state index contributed by atoms with van der Waals surface area (Å²) < 4.78 is 0. The van der Waals surface area contributed by atoms with Crippen LogP contribution in [0.2, 0.25) is 0 Å². The van der Waals surface area contributed by atoms with Gasteiger partial charge in [-0.15, -0.1) is 0 Å². The van der Waals surface area contributed by atoms with Crippen molar-refractivity contribution in [3.05, 3.63) is 47.8 Å². The first kappa shape index (κ1) is 12.0. The van der Waals surface area contributed by atoms with E-state index in [0.717, 1.165) is 5.69 Å². The molecule has 5 nitrogen and oxygen atoms in total. The summed E-state index contributed by atoms with van der Waals surface area (Å²) in [5.74, 6) is 0.463. The zero-order valence-electron chi connectivity index (χ0n) is 10.4. The van der Waals surface area contributed by atoms with Crippen molar-refractivity contribution in [2.24, 2.45) is 5.73 Å². The van der Waals surface area contributed by atoms with Crippen LogP contribution in [0.15, 0.2) is 36.5 Å². The van der Waals surface area contributed by atoms with Crippen LogP contribution in [0.3, 0.4) is 0 Å². The molecule has 0 fully saturated rings. The van der Waals surface area contributed by atoms with E-state index in [-0.39, 0.29) is 5.84 Å². The molecule has 1 heterocycles. The van der Waals surface area contributed by atoms with Gasteiger partial charge in [-0.3, -0.25) is 5.41 Å². The van der Waals surface area contributed by atoms with Crippen LogP contribution in [0.1, 0.15) is 11.3 Å². The molecule has 5 heteroatoms. The van der Waals surface area contributed by atoms with E-state index in [1.807, 2.05) is 43.1 Å². The second-order valence-corrected chi connectivity index (χ2v) is 4.05. The molecule has 1 aromatic carbocycles. The predicted octanol–water partition coefficient (Wildman–Crippen LogP) is 1.84. The van der Waals surface area contributed by atoms with Gasteiger partial charge in [0.15, 0.2) is 0 Å². The lowest BCUT2D eigenvalue weighted by Crippen LogP contribution is -2.18. The van der Waals surface area contributed by atoms with Gasteiger partial charge in [0.1, 0.15) is 11.5 Å². The van der Waals surface area contributed by atoms with Crippen LogP contribution in [0.5, 0.6) is 0 Å². The predicted molar refractivity (Wildman–Crippen MR) is 72.3 cm³/mol. The summed E-state index contributed by atoms with van der Waals surface area (Å²) in [6.45, 7) is 2.03. The number of aryl methyl sites for hydroxylation is 1. The number of benzene rings is 1. The fraction of sp³-hybridized carbons (Fsp3) is 0.154. The van der Waals surface area contributed by atoms with Gasteiger partial charge in [-0.05, 0) is 30.7 Å². The average Bonchev–Trinajstić information content (AvgIpc) is 2.38. The standard InChI is InChI=1S/C13H15N5/c1-9-4-3-5-10(8-9)18(2)13-16-7-6-11(17-13)12(14)15/h3-8H,1-2H3,(H3,14,15). The average molecular weight is 241 g/mol. The van der Waals surface area contributed by atoms with Gasteiger partial charge < -0.3 is 10.6 Å². The number of nitrogens with one attached hydrogen (secondary N) is 1. The fourth-order valence-corrected chi connectivity index (χ4v) is 1.61. The van der Waals surface area contributed by atoms with Gasteiger partial charge in [0, 0.05) is 18.9 Å². The molecular weight excluding hydrogens is 226 g/mol. The Balaban J connectivity index is 2.36. The van der Waals surface area contributed by atoms with Gasteiger partial charge in [-0.1, -0.05) is 12.1 Å². The number of rotatable bonds is 3. The van der Waals surface area contributed by atoms with Crippen molar-refractivity contribution < 1.29 is 0 Å². The Morgan fingerprint density at radius 3 is 2.78 bits per heavy atom. The summed E-state index contributed by atoms with van der Waals surface area (Å²) in [5.41, 5.74) is 8.01. The summed E-state index contributed by atoms with van der Waals surface area (Å²) in [6, 6.07) is 9.66. The Kier molecular flexibility index (Phi) is 3.23. The molecule has 0 saturated carbocycles. The van der Waals surface area contributed by atoms with E-state index in [1.165, 1.54) is 5.56 Å². The zero-order valence-corrected chi connectivity index (χ0v) is 10.4. The maximum atomic E-state index is 7.38. The van der Waals surface area contributed by atoms with Crippen LogP contribution in [0.4, 0.5) is 11.6 Å². The summed E-state index contributed by atoms with van der Waals surface area (Å²) in [4.78, 5) is 10.3. The molecule has 0 aliphatic carbocycles. The number of amidine groups is 1. The molecule has 18 heavy (non-hydrogen) atoms. The van der Waals surface area contributed by atoms with Crippen molar-refractivity contribution in [1.29, 1.82) is 5.41 Å². The number of nitrogens with zero attached hydrogens (tertiary/aromatic N) is 3. The molecule has 0 aliphatic heterocycles. The molecular formula is C13H15N5. The topological polar surface area (TPSA) is 78.9 Å². The highest BCUT2D eigenvalue weighted by Gasteiger charge is 2.08. The number of hydrogen-bond donors (Lipinski definition) is 2. The minimum absolute atomic E-state index is 0.0590. The fourth-order valence-electron chi connectivity index (χ4n) is 1.61. The van der Waals surface area contributed by atoms with Crippen molar-refractivity contribution in [3.63, 3.8) is 0 Å². The first-order valence-electron chi connectivity index (χ1n) is 5.56. The first-order valence-corrected chi connectivity index (χ1v) is 5.56. The lowest BCUT2D eigenvalue weighted by atomic mass is 10.2. The van der Waals surface area contributed by atoms with Gasteiger partial charge in [0.25, 0.3) is 0 Å². The maximum absolute atomic E-state index is 7.38. The van der Waals surface area contributed by atoms with Gasteiger partial charge in [-0.2, -0.15) is 0 Å². The van der Waals surface area contributed by atoms with E-state index >= 15 is 0 Å². The lowest BCUT2D eigenvalue weighted by molar-refractivity contribution is 1.03. The quantitative estimate of drug-likeness (QED) is 0.634. The van der Waals surface area contributed by atoms with Crippen molar-refractivity contribution in [1.82, 2.24) is 9.97 Å². The van der Waals surface area contributed by atoms with Gasteiger partial charge in [0.05, 0.1) is 0 Å². The van der Waals surface area contributed by atoms with Gasteiger partial charge >= 0.3 is 0 Å². The van der Waals surface area contributed by atoms with Crippen molar-refractivity contribution >= 4 is 17.5 Å². The second-order valence-electron chi connectivity index (χ2n) is 4.05. The molecule has 0 spiro atoms. The molecule has 1 aromatic heterocycles. The minimum atomic E-state index is -0.0590. The number of nitrogen functional groups attached to an aromatic ring is 1. The Bertz CT molecular complexity index is 579. The minimum Gasteiger partial charge on any atom is -0.382 e. The van der Waals surface area contributed by atoms with Gasteiger partial charge in [-0.25, -0.2) is 9.97 Å². The highest BCUT2D eigenvalue weighted by atomic mass is 15.2. The highest BCUT2D eigenvalue weighted by Crippen LogP contribution is 2.20. The number of aromatic nitrogens is 2. The number of anilines is 2. The van der Waals surface area contributed by atoms with Crippen molar-refractivity contribution in [3.8, 4) is 0 Å². The molecule has 0 atom stereocenters. The molecule has 2 rings (SSSR count). The zero-order chi connectivity index (χ0) is 13.1. The number of hydrogen-bond acceptors (Lipinski definition) is 4. The van der Waals surface area contributed by atoms with E-state index in [1.54, 1.807) is 12.3 Å². The maximum Gasteiger partial charge on any atom is 0.230 e. The SMILES string of the molecule is Cc1cccc(N(C)c2nccc(C(=N)N)n2)c1. The Hall–Kier alpha value is -2.43. The van der Waals surface area contributed by atoms with E-state index < -0.39 is 0 Å². The van der Waals surface area contributed by atoms with Crippen molar-refractivity contribution in [2.45, 2.75) is 6.92 Å². The third kappa shape index (κ3) is 2.45. The Morgan fingerprint density at radius 1 is 1.33 bits per heavy atom. The molecule has 0 bridgehead atoms. The monoisotopic (exact) mass is 241 g/mol. The van der Waals surface area contributed by atoms with Crippen LogP contribution in [-0.2, 0) is 0 Å². The number of nitrogens with two attached hydrogens (primary N) is 1. The molecule has 92 valence electrons. The van der Waals surface area contributed by atoms with E-state index in [0.29, 0.717) is 11.6 Å². The molecule has 2 aromatic rings. The molecule has 0 unspecified atom stereocenters. The summed E-state index contributed by atoms with van der Waals surface area (Å²) >= 11 is 0. The second kappa shape index (κ2) is 4.83. The van der Waals surface area contributed by atoms with Gasteiger partial charge in [0.2, 0.25) is 5.95 Å². The third-order valence-corrected chi connectivity index (χ3v) is 2.61. The van der Waals surface area contributed by atoms with Crippen LogP contribution >= 0.6 is 0 Å². The molecule has 0 radical (unpaired) electrons. The largest absolute Gasteiger partial charge is 0.382 e. The molecule has 0 saturated heterocycles. The Labute approximate surface area is 106 Å². The smallest absolute Gasteiger partial charge is 0.230 e. The van der Waals surface area contributed by atoms with Crippen LogP contribution in [-0.4, -0.2) is 22.9 Å². The van der Waals surface area contributed by atoms with E-state index in [2.05, 4.69) is 9.97 Å². The molecule has 0 amide bonds. The van der Waals surface area contributed by atoms with Crippen molar-refractivity contribution in [2.75, 3.05) is 11.9 Å². The highest BCUT2D eigenvalue weighted by molar-refractivity contribution is 5.93. The molecule has 0 aliphatic rings. The lowest BCUT2D eigenvalue weighted by Gasteiger charge is -2.17. The summed E-state index contributed by atoms with van der Waals surface area (Å²) in [7, 11) is 1.88. The van der Waals surface area contributed by atoms with Crippen LogP contribution in [0.25, 0.3) is 0 Å². The first-order chi connectivity index (χ1) is 8.58. The van der Waals surface area contributed by atoms with E-state index in [9.17, 15) is 0 Å². The Morgan fingerprint density at radius 2 is 2.11 bits per heavy atom. The summed E-state index contributed by atoms with van der Waals surface area (Å²) in [6.07, 6.45) is 1.60. The van der Waals surface area contributed by atoms with Crippen LogP contribution in [0, 0.1) is 12.3 Å². The normalized spacial score (nSPS) is 10.1. The summed E-state index contributed by atoms with van der Waals surface area (Å²) in [5, 5.41) is 7.38. The van der Waals surface area contributed by atoms with E-state index in [4.69, 9.17) is 11.1 Å². The van der Waals surface area contributed by atoms with Crippen LogP contribution < -0.4 is 10.6 Å². The molecule has 3 N–H and O–H groups in total. The third-order valence-electron chi connectivity index (χ3n) is 2.61.